The zero-order valence-corrected chi connectivity index (χ0v) is 15.2. The molecule has 0 amide bonds. The van der Waals surface area contributed by atoms with E-state index in [2.05, 4.69) is 0 Å². The van der Waals surface area contributed by atoms with Gasteiger partial charge in [0.25, 0.3) is 0 Å². The van der Waals surface area contributed by atoms with E-state index >= 15 is 0 Å². The predicted octanol–water partition coefficient (Wildman–Crippen LogP) is 3.26. The summed E-state index contributed by atoms with van der Waals surface area (Å²) in [5.41, 5.74) is 7.65. The van der Waals surface area contributed by atoms with Gasteiger partial charge in [0.2, 0.25) is 5.88 Å². The first kappa shape index (κ1) is 17.6. The van der Waals surface area contributed by atoms with Crippen molar-refractivity contribution in [1.29, 1.82) is 0 Å². The van der Waals surface area contributed by atoms with Crippen LogP contribution in [0.15, 0.2) is 51.9 Å². The smallest absolute Gasteiger partial charge is 0.340 e. The number of nitrogens with two attached hydrogens (primary N) is 1. The molecule has 1 aliphatic carbocycles. The number of hydrogen-bond donors (Lipinski definition) is 1. The van der Waals surface area contributed by atoms with E-state index in [-0.39, 0.29) is 23.8 Å². The Labute approximate surface area is 151 Å². The van der Waals surface area contributed by atoms with Crippen molar-refractivity contribution in [3.63, 3.8) is 0 Å². The average Bonchev–Trinajstić information content (AvgIpc) is 2.61. The summed E-state index contributed by atoms with van der Waals surface area (Å²) in [7, 11) is 0. The molecule has 1 aliphatic heterocycles. The van der Waals surface area contributed by atoms with Crippen molar-refractivity contribution in [3.05, 3.63) is 52.6 Å². The van der Waals surface area contributed by atoms with E-state index in [0.717, 1.165) is 16.9 Å². The molecule has 1 atom stereocenters. The molecule has 0 fully saturated rings. The van der Waals surface area contributed by atoms with Gasteiger partial charge < -0.3 is 15.2 Å². The van der Waals surface area contributed by atoms with Crippen LogP contribution in [0.4, 0.5) is 0 Å². The van der Waals surface area contributed by atoms with Crippen LogP contribution >= 0.6 is 11.8 Å². The molecular weight excluding hydrogens is 338 g/mol. The first-order chi connectivity index (χ1) is 12.1. The Bertz CT molecular complexity index is 764. The molecule has 0 unspecified atom stereocenters. The summed E-state index contributed by atoms with van der Waals surface area (Å²) in [5.74, 6) is -0.448. The number of ether oxygens (including phenoxy) is 2. The quantitative estimate of drug-likeness (QED) is 0.657. The molecule has 0 saturated heterocycles. The zero-order chi connectivity index (χ0) is 18.0. The van der Waals surface area contributed by atoms with Gasteiger partial charge in [0, 0.05) is 23.3 Å². The Kier molecular flexibility index (Phi) is 5.18. The molecule has 0 bridgehead atoms. The molecule has 2 aliphatic rings. The number of hydrogen-bond acceptors (Lipinski definition) is 6. The van der Waals surface area contributed by atoms with E-state index in [1.54, 1.807) is 18.7 Å². The fourth-order valence-electron chi connectivity index (χ4n) is 3.29. The zero-order valence-electron chi connectivity index (χ0n) is 14.3. The molecule has 25 heavy (non-hydrogen) atoms. The molecule has 0 radical (unpaired) electrons. The summed E-state index contributed by atoms with van der Waals surface area (Å²) >= 11 is 1.63. The average molecular weight is 359 g/mol. The SMILES string of the molecule is CCOC(=O)C1=C(N)OC2=C(C(=O)CCC2)[C@@H]1c1ccc(SC)cc1. The standard InChI is InChI=1S/C19H21NO4S/c1-3-23-19(22)17-15(11-7-9-12(25-2)10-8-11)16-13(21)5-4-6-14(16)24-18(17)20/h7-10,15H,3-6,20H2,1-2H3/t15-/m0/s1. The van der Waals surface area contributed by atoms with Gasteiger partial charge >= 0.3 is 5.97 Å². The summed E-state index contributed by atoms with van der Waals surface area (Å²) in [6, 6.07) is 7.81. The normalized spacial score (nSPS) is 20.2. The van der Waals surface area contributed by atoms with Crippen molar-refractivity contribution in [3.8, 4) is 0 Å². The van der Waals surface area contributed by atoms with E-state index in [1.165, 1.54) is 0 Å². The fraction of sp³-hybridized carbons (Fsp3) is 0.368. The highest BCUT2D eigenvalue weighted by Gasteiger charge is 2.41. The Balaban J connectivity index is 2.13. The third-order valence-corrected chi connectivity index (χ3v) is 5.17. The van der Waals surface area contributed by atoms with Crippen LogP contribution in [0.3, 0.4) is 0 Å². The second kappa shape index (κ2) is 7.35. The van der Waals surface area contributed by atoms with Crippen LogP contribution in [0.1, 0.15) is 37.7 Å². The second-order valence-electron chi connectivity index (χ2n) is 5.92. The van der Waals surface area contributed by atoms with Crippen LogP contribution in [-0.4, -0.2) is 24.6 Å². The fourth-order valence-corrected chi connectivity index (χ4v) is 3.70. The van der Waals surface area contributed by atoms with Crippen LogP contribution in [0.25, 0.3) is 0 Å². The van der Waals surface area contributed by atoms with Crippen LogP contribution in [0, 0.1) is 0 Å². The summed E-state index contributed by atoms with van der Waals surface area (Å²) in [4.78, 5) is 26.2. The molecule has 6 heteroatoms. The third-order valence-electron chi connectivity index (χ3n) is 4.43. The number of rotatable bonds is 4. The van der Waals surface area contributed by atoms with Crippen molar-refractivity contribution in [2.24, 2.45) is 5.73 Å². The van der Waals surface area contributed by atoms with Crippen molar-refractivity contribution >= 4 is 23.5 Å². The summed E-state index contributed by atoms with van der Waals surface area (Å²) in [5, 5.41) is 0. The molecule has 132 valence electrons. The maximum absolute atomic E-state index is 12.6. The Morgan fingerprint density at radius 1 is 1.32 bits per heavy atom. The first-order valence-electron chi connectivity index (χ1n) is 8.31. The highest BCUT2D eigenvalue weighted by atomic mass is 32.2. The first-order valence-corrected chi connectivity index (χ1v) is 9.54. The molecular formula is C19H21NO4S. The lowest BCUT2D eigenvalue weighted by atomic mass is 9.77. The van der Waals surface area contributed by atoms with Crippen molar-refractivity contribution < 1.29 is 19.1 Å². The van der Waals surface area contributed by atoms with E-state index in [9.17, 15) is 9.59 Å². The number of esters is 1. The highest BCUT2D eigenvalue weighted by Crippen LogP contribution is 2.44. The van der Waals surface area contributed by atoms with Crippen LogP contribution in [0.5, 0.6) is 0 Å². The lowest BCUT2D eigenvalue weighted by Gasteiger charge is -2.32. The minimum absolute atomic E-state index is 0.00879. The second-order valence-corrected chi connectivity index (χ2v) is 6.80. The van der Waals surface area contributed by atoms with Crippen molar-refractivity contribution in [2.75, 3.05) is 12.9 Å². The van der Waals surface area contributed by atoms with Gasteiger partial charge in [-0.1, -0.05) is 12.1 Å². The number of thioether (sulfide) groups is 1. The van der Waals surface area contributed by atoms with E-state index in [1.807, 2.05) is 30.5 Å². The van der Waals surface area contributed by atoms with Gasteiger partial charge in [-0.15, -0.1) is 11.8 Å². The lowest BCUT2D eigenvalue weighted by Crippen LogP contribution is -2.31. The third kappa shape index (κ3) is 3.31. The summed E-state index contributed by atoms with van der Waals surface area (Å²) in [6.07, 6.45) is 3.84. The lowest BCUT2D eigenvalue weighted by molar-refractivity contribution is -0.139. The minimum Gasteiger partial charge on any atom is -0.462 e. The number of carbonyl (C=O) groups is 2. The monoisotopic (exact) mass is 359 g/mol. The molecule has 1 aromatic carbocycles. The van der Waals surface area contributed by atoms with Gasteiger partial charge in [0.05, 0.1) is 12.5 Å². The largest absolute Gasteiger partial charge is 0.462 e. The maximum Gasteiger partial charge on any atom is 0.340 e. The molecule has 2 N–H and O–H groups in total. The van der Waals surface area contributed by atoms with Gasteiger partial charge in [-0.2, -0.15) is 0 Å². The Hall–Kier alpha value is -2.21. The molecule has 5 nitrogen and oxygen atoms in total. The highest BCUT2D eigenvalue weighted by molar-refractivity contribution is 7.98. The number of ketones is 1. The predicted molar refractivity (Wildman–Crippen MR) is 95.8 cm³/mol. The summed E-state index contributed by atoms with van der Waals surface area (Å²) in [6.45, 7) is 1.96. The van der Waals surface area contributed by atoms with E-state index in [4.69, 9.17) is 15.2 Å². The Morgan fingerprint density at radius 2 is 2.04 bits per heavy atom. The molecule has 0 aromatic heterocycles. The van der Waals surface area contributed by atoms with E-state index in [0.29, 0.717) is 24.2 Å². The molecule has 1 heterocycles. The van der Waals surface area contributed by atoms with Gasteiger partial charge in [-0.05, 0) is 37.3 Å². The van der Waals surface area contributed by atoms with Gasteiger partial charge in [0.1, 0.15) is 11.3 Å². The van der Waals surface area contributed by atoms with Crippen LogP contribution in [0.2, 0.25) is 0 Å². The van der Waals surface area contributed by atoms with E-state index < -0.39 is 11.9 Å². The maximum atomic E-state index is 12.6. The van der Waals surface area contributed by atoms with Crippen molar-refractivity contribution in [1.82, 2.24) is 0 Å². The number of carbonyl (C=O) groups excluding carboxylic acids is 2. The number of Topliss-reactive ketones (excluding diaryl/α,β-unsaturated/α-hetero) is 1. The van der Waals surface area contributed by atoms with Crippen molar-refractivity contribution in [2.45, 2.75) is 37.0 Å². The molecule has 0 spiro atoms. The Morgan fingerprint density at radius 3 is 2.68 bits per heavy atom. The van der Waals surface area contributed by atoms with Crippen LogP contribution in [-0.2, 0) is 19.1 Å². The molecule has 1 aromatic rings. The summed E-state index contributed by atoms with van der Waals surface area (Å²) < 4.78 is 10.8. The van der Waals surface area contributed by atoms with Gasteiger partial charge in [0.15, 0.2) is 5.78 Å². The number of benzene rings is 1. The molecule has 3 rings (SSSR count). The number of allylic oxidation sites excluding steroid dienone is 2. The van der Waals surface area contributed by atoms with Crippen LogP contribution < -0.4 is 5.73 Å². The van der Waals surface area contributed by atoms with Gasteiger partial charge in [-0.25, -0.2) is 4.79 Å². The molecule has 0 saturated carbocycles. The topological polar surface area (TPSA) is 78.6 Å². The van der Waals surface area contributed by atoms with Gasteiger partial charge in [-0.3, -0.25) is 4.79 Å². The minimum atomic E-state index is -0.538.